The number of nitrogens with zero attached hydrogens (tertiary/aromatic N) is 1. The third-order valence-electron chi connectivity index (χ3n) is 5.44. The molecule has 0 aromatic carbocycles. The van der Waals surface area contributed by atoms with Crippen LogP contribution >= 0.6 is 0 Å². The summed E-state index contributed by atoms with van der Waals surface area (Å²) in [6.45, 7) is 3.94. The molecule has 3 heteroatoms. The lowest BCUT2D eigenvalue weighted by Gasteiger charge is -2.32. The van der Waals surface area contributed by atoms with E-state index in [1.807, 2.05) is 0 Å². The summed E-state index contributed by atoms with van der Waals surface area (Å²) < 4.78 is 0. The van der Waals surface area contributed by atoms with E-state index in [1.54, 1.807) is 0 Å². The summed E-state index contributed by atoms with van der Waals surface area (Å²) in [6, 6.07) is 0. The second-order valence-electron chi connectivity index (χ2n) is 6.58. The summed E-state index contributed by atoms with van der Waals surface area (Å²) in [5, 5.41) is 3.46. The molecule has 2 saturated carbocycles. The van der Waals surface area contributed by atoms with Gasteiger partial charge in [0.05, 0.1) is 12.7 Å². The van der Waals surface area contributed by atoms with Gasteiger partial charge in [0.15, 0.2) is 0 Å². The first kappa shape index (κ1) is 12.5. The van der Waals surface area contributed by atoms with Crippen molar-refractivity contribution in [2.75, 3.05) is 13.1 Å². The smallest absolute Gasteiger partial charge is 0.237 e. The van der Waals surface area contributed by atoms with Crippen molar-refractivity contribution in [3.05, 3.63) is 0 Å². The monoisotopic (exact) mass is 250 g/mol. The molecule has 0 aromatic heterocycles. The Hall–Kier alpha value is -0.570. The van der Waals surface area contributed by atoms with Gasteiger partial charge in [-0.1, -0.05) is 32.6 Å². The molecule has 3 rings (SSSR count). The zero-order valence-electron chi connectivity index (χ0n) is 11.5. The number of carbonyl (C=O) groups is 1. The Morgan fingerprint density at radius 3 is 2.61 bits per heavy atom. The fourth-order valence-corrected chi connectivity index (χ4v) is 4.21. The van der Waals surface area contributed by atoms with Crippen LogP contribution in [0.2, 0.25) is 0 Å². The van der Waals surface area contributed by atoms with Crippen molar-refractivity contribution >= 4 is 5.91 Å². The zero-order valence-corrected chi connectivity index (χ0v) is 11.5. The number of rotatable bonds is 3. The van der Waals surface area contributed by atoms with Crippen LogP contribution in [0.1, 0.15) is 51.9 Å². The van der Waals surface area contributed by atoms with Crippen molar-refractivity contribution in [2.45, 2.75) is 58.0 Å². The molecule has 0 radical (unpaired) electrons. The van der Waals surface area contributed by atoms with E-state index in [1.165, 1.54) is 44.9 Å². The van der Waals surface area contributed by atoms with E-state index in [9.17, 15) is 4.79 Å². The van der Waals surface area contributed by atoms with Crippen LogP contribution in [0, 0.1) is 17.8 Å². The summed E-state index contributed by atoms with van der Waals surface area (Å²) in [6.07, 6.45) is 9.71. The fourth-order valence-electron chi connectivity index (χ4n) is 4.21. The molecule has 102 valence electrons. The number of carbonyl (C=O) groups excluding carboxylic acids is 1. The summed E-state index contributed by atoms with van der Waals surface area (Å²) in [4.78, 5) is 14.3. The Morgan fingerprint density at radius 1 is 1.17 bits per heavy atom. The van der Waals surface area contributed by atoms with E-state index in [0.29, 0.717) is 24.5 Å². The van der Waals surface area contributed by atoms with Crippen molar-refractivity contribution < 1.29 is 4.79 Å². The van der Waals surface area contributed by atoms with Gasteiger partial charge in [-0.15, -0.1) is 0 Å². The van der Waals surface area contributed by atoms with Crippen molar-refractivity contribution in [3.8, 4) is 0 Å². The van der Waals surface area contributed by atoms with Gasteiger partial charge in [0, 0.05) is 6.54 Å². The highest BCUT2D eigenvalue weighted by Gasteiger charge is 2.39. The first-order chi connectivity index (χ1) is 8.75. The van der Waals surface area contributed by atoms with E-state index in [2.05, 4.69) is 17.1 Å². The predicted octanol–water partition coefficient (Wildman–Crippen LogP) is 2.37. The number of hydrogen-bond acceptors (Lipinski definition) is 2. The van der Waals surface area contributed by atoms with Gasteiger partial charge in [-0.3, -0.25) is 10.1 Å². The Bertz CT molecular complexity index is 312. The molecular weight excluding hydrogens is 224 g/mol. The average molecular weight is 250 g/mol. The second-order valence-corrected chi connectivity index (χ2v) is 6.58. The molecule has 1 N–H and O–H groups in total. The Morgan fingerprint density at radius 2 is 1.94 bits per heavy atom. The lowest BCUT2D eigenvalue weighted by atomic mass is 9.96. The van der Waals surface area contributed by atoms with Gasteiger partial charge in [-0.25, -0.2) is 0 Å². The second kappa shape index (κ2) is 5.20. The maximum Gasteiger partial charge on any atom is 0.237 e. The van der Waals surface area contributed by atoms with Crippen LogP contribution in [-0.2, 0) is 4.79 Å². The van der Waals surface area contributed by atoms with E-state index < -0.39 is 0 Å². The standard InChI is InChI=1S/C15H26N2O/c1-11-5-4-8-13(11)10-17-14(18)9-16-15(17)12-6-2-3-7-12/h11-13,15-16H,2-10H2,1H3. The highest BCUT2D eigenvalue weighted by molar-refractivity contribution is 5.80. The maximum absolute atomic E-state index is 12.1. The van der Waals surface area contributed by atoms with Crippen LogP contribution in [0.4, 0.5) is 0 Å². The number of nitrogens with one attached hydrogen (secondary N) is 1. The fraction of sp³-hybridized carbons (Fsp3) is 0.933. The summed E-state index contributed by atoms with van der Waals surface area (Å²) in [7, 11) is 0. The van der Waals surface area contributed by atoms with Crippen molar-refractivity contribution in [1.29, 1.82) is 0 Å². The Kier molecular flexibility index (Phi) is 3.60. The lowest BCUT2D eigenvalue weighted by molar-refractivity contribution is -0.129. The number of amides is 1. The zero-order chi connectivity index (χ0) is 12.5. The molecule has 3 atom stereocenters. The molecule has 2 aliphatic carbocycles. The van der Waals surface area contributed by atoms with Crippen LogP contribution in [-0.4, -0.2) is 30.1 Å². The Balaban J connectivity index is 1.65. The van der Waals surface area contributed by atoms with E-state index in [4.69, 9.17) is 0 Å². The lowest BCUT2D eigenvalue weighted by Crippen LogP contribution is -2.45. The molecule has 18 heavy (non-hydrogen) atoms. The topological polar surface area (TPSA) is 32.3 Å². The van der Waals surface area contributed by atoms with Gasteiger partial charge in [0.25, 0.3) is 0 Å². The highest BCUT2D eigenvalue weighted by atomic mass is 16.2. The minimum Gasteiger partial charge on any atom is -0.325 e. The molecule has 3 fully saturated rings. The number of hydrogen-bond donors (Lipinski definition) is 1. The van der Waals surface area contributed by atoms with Gasteiger partial charge in [0.2, 0.25) is 5.91 Å². The SMILES string of the molecule is CC1CCCC1CN1C(=O)CNC1C1CCCC1. The van der Waals surface area contributed by atoms with Crippen LogP contribution in [0.25, 0.3) is 0 Å². The van der Waals surface area contributed by atoms with Crippen LogP contribution in [0.15, 0.2) is 0 Å². The Labute approximate surface area is 110 Å². The molecule has 1 amide bonds. The van der Waals surface area contributed by atoms with E-state index in [-0.39, 0.29) is 0 Å². The minimum absolute atomic E-state index is 0.339. The van der Waals surface area contributed by atoms with Gasteiger partial charge >= 0.3 is 0 Å². The minimum atomic E-state index is 0.339. The van der Waals surface area contributed by atoms with Crippen molar-refractivity contribution in [3.63, 3.8) is 0 Å². The van der Waals surface area contributed by atoms with Crippen LogP contribution < -0.4 is 5.32 Å². The average Bonchev–Trinajstić information content (AvgIpc) is 3.04. The third-order valence-corrected chi connectivity index (χ3v) is 5.44. The summed E-state index contributed by atoms with van der Waals surface area (Å²) in [5.41, 5.74) is 0. The predicted molar refractivity (Wildman–Crippen MR) is 72.0 cm³/mol. The molecule has 0 bridgehead atoms. The van der Waals surface area contributed by atoms with E-state index in [0.717, 1.165) is 18.4 Å². The molecular formula is C15H26N2O. The van der Waals surface area contributed by atoms with E-state index >= 15 is 0 Å². The molecule has 1 heterocycles. The van der Waals surface area contributed by atoms with Crippen LogP contribution in [0.3, 0.4) is 0 Å². The first-order valence-corrected chi connectivity index (χ1v) is 7.78. The maximum atomic E-state index is 12.1. The molecule has 3 nitrogen and oxygen atoms in total. The molecule has 0 aromatic rings. The van der Waals surface area contributed by atoms with Crippen molar-refractivity contribution in [1.82, 2.24) is 10.2 Å². The molecule has 0 spiro atoms. The summed E-state index contributed by atoms with van der Waals surface area (Å²) in [5.74, 6) is 2.61. The first-order valence-electron chi connectivity index (χ1n) is 7.78. The summed E-state index contributed by atoms with van der Waals surface area (Å²) >= 11 is 0. The molecule has 1 saturated heterocycles. The van der Waals surface area contributed by atoms with Crippen molar-refractivity contribution in [2.24, 2.45) is 17.8 Å². The largest absolute Gasteiger partial charge is 0.325 e. The molecule has 3 aliphatic rings. The van der Waals surface area contributed by atoms with Gasteiger partial charge < -0.3 is 4.90 Å². The van der Waals surface area contributed by atoms with Gasteiger partial charge in [-0.05, 0) is 37.0 Å². The van der Waals surface area contributed by atoms with Gasteiger partial charge in [0.1, 0.15) is 0 Å². The third kappa shape index (κ3) is 2.29. The molecule has 3 unspecified atom stereocenters. The van der Waals surface area contributed by atoms with Gasteiger partial charge in [-0.2, -0.15) is 0 Å². The normalized spacial score (nSPS) is 37.9. The highest BCUT2D eigenvalue weighted by Crippen LogP contribution is 2.35. The van der Waals surface area contributed by atoms with Crippen LogP contribution in [0.5, 0.6) is 0 Å². The molecule has 1 aliphatic heterocycles. The quantitative estimate of drug-likeness (QED) is 0.834.